The zero-order chi connectivity index (χ0) is 20.1. The zero-order valence-corrected chi connectivity index (χ0v) is 18.2. The number of halogens is 1. The Hall–Kier alpha value is -2.44. The molecule has 0 radical (unpaired) electrons. The van der Waals surface area contributed by atoms with Crippen molar-refractivity contribution in [3.8, 4) is 5.75 Å². The molecule has 4 nitrogen and oxygen atoms in total. The molecule has 1 heterocycles. The van der Waals surface area contributed by atoms with E-state index in [4.69, 9.17) is 4.74 Å². The predicted molar refractivity (Wildman–Crippen MR) is 122 cm³/mol. The molecule has 0 saturated carbocycles. The highest BCUT2D eigenvalue weighted by molar-refractivity contribution is 9.10. The summed E-state index contributed by atoms with van der Waals surface area (Å²) in [5.41, 5.74) is 3.03. The van der Waals surface area contributed by atoms with Crippen molar-refractivity contribution in [3.63, 3.8) is 0 Å². The largest absolute Gasteiger partial charge is 0.489 e. The number of hydrogen-bond donors (Lipinski definition) is 1. The monoisotopic (exact) mass is 468 g/mol. The van der Waals surface area contributed by atoms with Gasteiger partial charge in [-0.3, -0.25) is 0 Å². The molecule has 0 aromatic heterocycles. The van der Waals surface area contributed by atoms with Crippen LogP contribution >= 0.6 is 27.7 Å². The molecule has 0 spiro atoms. The molecule has 1 atom stereocenters. The van der Waals surface area contributed by atoms with Crippen molar-refractivity contribution in [1.29, 1.82) is 0 Å². The van der Waals surface area contributed by atoms with E-state index in [9.17, 15) is 4.79 Å². The average Bonchev–Trinajstić information content (AvgIpc) is 3.25. The molecule has 1 aliphatic heterocycles. The smallest absolute Gasteiger partial charge is 0.323 e. The van der Waals surface area contributed by atoms with Gasteiger partial charge in [-0.15, -0.1) is 11.8 Å². The first kappa shape index (κ1) is 19.9. The zero-order valence-electron chi connectivity index (χ0n) is 15.8. The molecule has 0 bridgehead atoms. The topological polar surface area (TPSA) is 41.6 Å². The van der Waals surface area contributed by atoms with E-state index in [1.165, 1.54) is 0 Å². The van der Waals surface area contributed by atoms with Gasteiger partial charge in [0.25, 0.3) is 0 Å². The molecule has 1 aliphatic rings. The van der Waals surface area contributed by atoms with Crippen LogP contribution in [-0.2, 0) is 6.61 Å². The minimum atomic E-state index is -0.0771. The third-order valence-corrected chi connectivity index (χ3v) is 6.45. The molecule has 0 aliphatic carbocycles. The molecule has 148 valence electrons. The first-order chi connectivity index (χ1) is 14.2. The van der Waals surface area contributed by atoms with Gasteiger partial charge in [-0.2, -0.15) is 0 Å². The van der Waals surface area contributed by atoms with Crippen molar-refractivity contribution in [2.45, 2.75) is 12.0 Å². The van der Waals surface area contributed by atoms with Gasteiger partial charge in [0.2, 0.25) is 0 Å². The molecular weight excluding hydrogens is 448 g/mol. The van der Waals surface area contributed by atoms with E-state index in [1.54, 1.807) is 11.8 Å². The third-order valence-electron chi connectivity index (χ3n) is 4.66. The van der Waals surface area contributed by atoms with Gasteiger partial charge >= 0.3 is 6.03 Å². The maximum atomic E-state index is 12.8. The van der Waals surface area contributed by atoms with Gasteiger partial charge in [-0.1, -0.05) is 58.4 Å². The van der Waals surface area contributed by atoms with E-state index in [0.29, 0.717) is 6.61 Å². The number of carbonyl (C=O) groups is 1. The first-order valence-electron chi connectivity index (χ1n) is 9.40. The van der Waals surface area contributed by atoms with Gasteiger partial charge in [-0.05, 0) is 47.5 Å². The number of nitrogens with zero attached hydrogens (tertiary/aromatic N) is 1. The van der Waals surface area contributed by atoms with Gasteiger partial charge in [0.05, 0.1) is 0 Å². The summed E-state index contributed by atoms with van der Waals surface area (Å²) in [6.07, 6.45) is 0. The minimum Gasteiger partial charge on any atom is -0.489 e. The van der Waals surface area contributed by atoms with E-state index >= 15 is 0 Å². The Morgan fingerprint density at radius 2 is 1.76 bits per heavy atom. The second-order valence-electron chi connectivity index (χ2n) is 6.70. The Bertz CT molecular complexity index is 949. The highest BCUT2D eigenvalue weighted by Gasteiger charge is 2.30. The number of thioether (sulfide) groups is 1. The number of amides is 2. The summed E-state index contributed by atoms with van der Waals surface area (Å²) in [6.45, 7) is 1.27. The number of nitrogens with one attached hydrogen (secondary N) is 1. The van der Waals surface area contributed by atoms with Crippen molar-refractivity contribution < 1.29 is 9.53 Å². The van der Waals surface area contributed by atoms with Gasteiger partial charge in [0, 0.05) is 22.5 Å². The predicted octanol–water partition coefficient (Wildman–Crippen LogP) is 6.31. The summed E-state index contributed by atoms with van der Waals surface area (Å²) >= 11 is 5.19. The highest BCUT2D eigenvalue weighted by Crippen LogP contribution is 2.38. The van der Waals surface area contributed by atoms with Crippen LogP contribution in [0.5, 0.6) is 5.75 Å². The lowest BCUT2D eigenvalue weighted by Gasteiger charge is -2.24. The fourth-order valence-corrected chi connectivity index (χ4v) is 4.67. The fourth-order valence-electron chi connectivity index (χ4n) is 3.15. The number of rotatable bonds is 5. The molecule has 4 rings (SSSR count). The molecule has 1 saturated heterocycles. The number of anilines is 1. The van der Waals surface area contributed by atoms with Crippen LogP contribution in [0.3, 0.4) is 0 Å². The van der Waals surface area contributed by atoms with Crippen LogP contribution in [0.1, 0.15) is 16.5 Å². The second kappa shape index (κ2) is 9.37. The number of hydrogen-bond acceptors (Lipinski definition) is 3. The van der Waals surface area contributed by atoms with E-state index in [1.807, 2.05) is 83.8 Å². The lowest BCUT2D eigenvalue weighted by Crippen LogP contribution is -2.34. The van der Waals surface area contributed by atoms with Gasteiger partial charge < -0.3 is 15.0 Å². The quantitative estimate of drug-likeness (QED) is 0.476. The molecular formula is C23H21BrN2O2S. The van der Waals surface area contributed by atoms with E-state index in [2.05, 4.69) is 21.2 Å². The summed E-state index contributed by atoms with van der Waals surface area (Å²) in [6, 6.07) is 25.7. The molecule has 29 heavy (non-hydrogen) atoms. The number of benzene rings is 3. The van der Waals surface area contributed by atoms with E-state index in [-0.39, 0.29) is 11.4 Å². The van der Waals surface area contributed by atoms with Crippen LogP contribution in [-0.4, -0.2) is 23.2 Å². The van der Waals surface area contributed by atoms with Crippen LogP contribution in [0, 0.1) is 0 Å². The Labute approximate surface area is 183 Å². The SMILES string of the molecule is O=C(Nc1ccc(Br)cc1)N1CCSC1c1ccc(OCc2ccccc2)cc1. The van der Waals surface area contributed by atoms with Crippen molar-refractivity contribution in [3.05, 3.63) is 94.5 Å². The van der Waals surface area contributed by atoms with Crippen LogP contribution in [0.2, 0.25) is 0 Å². The minimum absolute atomic E-state index is 0.00798. The maximum Gasteiger partial charge on any atom is 0.323 e. The number of carbonyl (C=O) groups excluding carboxylic acids is 1. The van der Waals surface area contributed by atoms with Crippen LogP contribution in [0.25, 0.3) is 0 Å². The normalized spacial score (nSPS) is 15.9. The molecule has 2 amide bonds. The summed E-state index contributed by atoms with van der Waals surface area (Å²) < 4.78 is 6.85. The van der Waals surface area contributed by atoms with Crippen molar-refractivity contribution in [2.75, 3.05) is 17.6 Å². The molecule has 1 fully saturated rings. The molecule has 1 N–H and O–H groups in total. The highest BCUT2D eigenvalue weighted by atomic mass is 79.9. The van der Waals surface area contributed by atoms with Crippen LogP contribution in [0.15, 0.2) is 83.3 Å². The first-order valence-corrected chi connectivity index (χ1v) is 11.2. The Kier molecular flexibility index (Phi) is 6.42. The maximum absolute atomic E-state index is 12.8. The van der Waals surface area contributed by atoms with Crippen molar-refractivity contribution in [2.24, 2.45) is 0 Å². The Balaban J connectivity index is 1.39. The van der Waals surface area contributed by atoms with Gasteiger partial charge in [0.1, 0.15) is 17.7 Å². The molecule has 3 aromatic rings. The van der Waals surface area contributed by atoms with Crippen molar-refractivity contribution >= 4 is 39.4 Å². The number of ether oxygens (including phenoxy) is 1. The standard InChI is InChI=1S/C23H21BrN2O2S/c24-19-8-10-20(11-9-19)25-23(27)26-14-15-29-22(26)18-6-12-21(13-7-18)28-16-17-4-2-1-3-5-17/h1-13,22H,14-16H2,(H,25,27). The summed E-state index contributed by atoms with van der Waals surface area (Å²) in [5, 5.41) is 3.00. The van der Waals surface area contributed by atoms with E-state index < -0.39 is 0 Å². The molecule has 6 heteroatoms. The van der Waals surface area contributed by atoms with Crippen LogP contribution < -0.4 is 10.1 Å². The average molecular weight is 469 g/mol. The van der Waals surface area contributed by atoms with Gasteiger partial charge in [0.15, 0.2) is 0 Å². The van der Waals surface area contributed by atoms with Crippen LogP contribution in [0.4, 0.5) is 10.5 Å². The fraction of sp³-hybridized carbons (Fsp3) is 0.174. The number of urea groups is 1. The Morgan fingerprint density at radius 1 is 1.03 bits per heavy atom. The van der Waals surface area contributed by atoms with Gasteiger partial charge in [-0.25, -0.2) is 4.79 Å². The Morgan fingerprint density at radius 3 is 2.48 bits per heavy atom. The summed E-state index contributed by atoms with van der Waals surface area (Å²) in [4.78, 5) is 14.7. The lowest BCUT2D eigenvalue weighted by atomic mass is 10.2. The van der Waals surface area contributed by atoms with E-state index in [0.717, 1.165) is 39.3 Å². The second-order valence-corrected chi connectivity index (χ2v) is 8.80. The summed E-state index contributed by atoms with van der Waals surface area (Å²) in [7, 11) is 0. The van der Waals surface area contributed by atoms with Crippen molar-refractivity contribution in [1.82, 2.24) is 4.90 Å². The molecule has 3 aromatic carbocycles. The molecule has 1 unspecified atom stereocenters. The lowest BCUT2D eigenvalue weighted by molar-refractivity contribution is 0.214. The summed E-state index contributed by atoms with van der Waals surface area (Å²) in [5.74, 6) is 1.75. The third kappa shape index (κ3) is 5.14.